The van der Waals surface area contributed by atoms with Gasteiger partial charge < -0.3 is 40.3 Å². The lowest BCUT2D eigenvalue weighted by Crippen LogP contribution is -2.60. The summed E-state index contributed by atoms with van der Waals surface area (Å²) in [5.41, 5.74) is 0. The van der Waals surface area contributed by atoms with Crippen LogP contribution >= 0.6 is 0 Å². The van der Waals surface area contributed by atoms with E-state index in [0.717, 1.165) is 57.8 Å². The van der Waals surface area contributed by atoms with E-state index in [0.29, 0.717) is 6.42 Å². The molecule has 1 saturated heterocycles. The molecular formula is C50H91NO8. The van der Waals surface area contributed by atoms with Gasteiger partial charge in [-0.3, -0.25) is 4.79 Å². The topological polar surface area (TPSA) is 149 Å². The van der Waals surface area contributed by atoms with E-state index in [1.54, 1.807) is 6.08 Å². The van der Waals surface area contributed by atoms with Crippen molar-refractivity contribution in [2.45, 2.75) is 249 Å². The van der Waals surface area contributed by atoms with Gasteiger partial charge in [0.1, 0.15) is 24.4 Å². The highest BCUT2D eigenvalue weighted by atomic mass is 16.7. The summed E-state index contributed by atoms with van der Waals surface area (Å²) in [6, 6.07) is -0.826. The lowest BCUT2D eigenvalue weighted by molar-refractivity contribution is -0.302. The van der Waals surface area contributed by atoms with Crippen LogP contribution in [0.25, 0.3) is 0 Å². The molecule has 7 unspecified atom stereocenters. The Balaban J connectivity index is 2.24. The number of ether oxygens (including phenoxy) is 2. The van der Waals surface area contributed by atoms with Crippen LogP contribution in [-0.4, -0.2) is 87.5 Å². The van der Waals surface area contributed by atoms with Gasteiger partial charge in [0.05, 0.1) is 25.4 Å². The number of carbonyl (C=O) groups excluding carboxylic acids is 1. The molecule has 0 aromatic carbocycles. The minimum Gasteiger partial charge on any atom is -0.394 e. The van der Waals surface area contributed by atoms with Crippen LogP contribution in [-0.2, 0) is 14.3 Å². The van der Waals surface area contributed by atoms with Crippen molar-refractivity contribution in [3.05, 3.63) is 48.6 Å². The maximum absolute atomic E-state index is 13.0. The predicted molar refractivity (Wildman–Crippen MR) is 244 cm³/mol. The fourth-order valence-corrected chi connectivity index (χ4v) is 7.43. The molecule has 1 fully saturated rings. The second kappa shape index (κ2) is 40.2. The molecule has 1 aliphatic heterocycles. The van der Waals surface area contributed by atoms with Gasteiger partial charge in [-0.2, -0.15) is 0 Å². The predicted octanol–water partition coefficient (Wildman–Crippen LogP) is 10.6. The first-order valence-electron chi connectivity index (χ1n) is 24.4. The number of carbonyl (C=O) groups is 1. The molecule has 1 rings (SSSR count). The van der Waals surface area contributed by atoms with Gasteiger partial charge in [-0.25, -0.2) is 0 Å². The number of allylic oxidation sites excluding steroid dienone is 7. The highest BCUT2D eigenvalue weighted by molar-refractivity contribution is 5.76. The molecule has 9 nitrogen and oxygen atoms in total. The Kier molecular flexibility index (Phi) is 37.6. The third-order valence-electron chi connectivity index (χ3n) is 11.3. The van der Waals surface area contributed by atoms with Crippen LogP contribution in [0, 0.1) is 0 Å². The van der Waals surface area contributed by atoms with Crippen molar-refractivity contribution in [1.29, 1.82) is 0 Å². The number of aliphatic hydroxyl groups excluding tert-OH is 5. The van der Waals surface area contributed by atoms with Crippen molar-refractivity contribution in [2.75, 3.05) is 13.2 Å². The molecule has 0 radical (unpaired) electrons. The standard InChI is InChI=1S/C50H91NO8/c1-3-5-7-9-11-13-15-16-17-18-19-20-21-22-23-24-25-26-27-28-30-32-34-36-38-40-46(54)51-43(42-58-50-49(57)48(56)47(55)45(41-52)59-50)44(53)39-37-35-33-31-29-14-12-10-8-6-4-2/h8,10,18-19,29,31,37,39,43-45,47-50,52-53,55-57H,3-7,9,11-17,20-28,30,32-36,38,40-42H2,1-2H3,(H,51,54)/b10-8+,19-18-,31-29+,39-37+. The maximum Gasteiger partial charge on any atom is 0.220 e. The first-order valence-corrected chi connectivity index (χ1v) is 24.4. The van der Waals surface area contributed by atoms with Gasteiger partial charge in [-0.15, -0.1) is 0 Å². The number of nitrogens with one attached hydrogen (secondary N) is 1. The van der Waals surface area contributed by atoms with Gasteiger partial charge >= 0.3 is 0 Å². The average molecular weight is 834 g/mol. The molecule has 6 N–H and O–H groups in total. The zero-order valence-corrected chi connectivity index (χ0v) is 37.7. The first kappa shape index (κ1) is 55.2. The summed E-state index contributed by atoms with van der Waals surface area (Å²) in [7, 11) is 0. The molecule has 1 amide bonds. The first-order chi connectivity index (χ1) is 28.8. The Morgan fingerprint density at radius 1 is 0.559 bits per heavy atom. The van der Waals surface area contributed by atoms with Crippen LogP contribution < -0.4 is 5.32 Å². The van der Waals surface area contributed by atoms with Crippen molar-refractivity contribution >= 4 is 5.91 Å². The molecule has 0 bridgehead atoms. The number of aliphatic hydroxyl groups is 5. The van der Waals surface area contributed by atoms with E-state index in [9.17, 15) is 30.3 Å². The van der Waals surface area contributed by atoms with Crippen molar-refractivity contribution in [2.24, 2.45) is 0 Å². The van der Waals surface area contributed by atoms with E-state index in [2.05, 4.69) is 55.6 Å². The van der Waals surface area contributed by atoms with Gasteiger partial charge in [-0.05, 0) is 64.2 Å². The molecule has 344 valence electrons. The van der Waals surface area contributed by atoms with E-state index in [4.69, 9.17) is 9.47 Å². The van der Waals surface area contributed by atoms with Crippen molar-refractivity contribution in [3.63, 3.8) is 0 Å². The summed E-state index contributed by atoms with van der Waals surface area (Å²) >= 11 is 0. The third kappa shape index (κ3) is 30.8. The second-order valence-electron chi connectivity index (χ2n) is 16.9. The summed E-state index contributed by atoms with van der Waals surface area (Å²) < 4.78 is 11.2. The smallest absolute Gasteiger partial charge is 0.220 e. The van der Waals surface area contributed by atoms with Crippen LogP contribution in [0.3, 0.4) is 0 Å². The van der Waals surface area contributed by atoms with Gasteiger partial charge in [0.15, 0.2) is 6.29 Å². The Labute approximate surface area is 361 Å². The van der Waals surface area contributed by atoms with Gasteiger partial charge in [0, 0.05) is 6.42 Å². The van der Waals surface area contributed by atoms with Crippen LogP contribution in [0.15, 0.2) is 48.6 Å². The van der Waals surface area contributed by atoms with Gasteiger partial charge in [0.25, 0.3) is 0 Å². The number of hydrogen-bond acceptors (Lipinski definition) is 8. The largest absolute Gasteiger partial charge is 0.394 e. The monoisotopic (exact) mass is 834 g/mol. The number of amides is 1. The Hall–Kier alpha value is -1.85. The van der Waals surface area contributed by atoms with Crippen LogP contribution in [0.1, 0.15) is 206 Å². The number of hydrogen-bond donors (Lipinski definition) is 6. The van der Waals surface area contributed by atoms with E-state index in [1.165, 1.54) is 128 Å². The molecule has 1 aliphatic rings. The summed E-state index contributed by atoms with van der Waals surface area (Å²) in [4.78, 5) is 13.0. The molecule has 1 heterocycles. The highest BCUT2D eigenvalue weighted by Crippen LogP contribution is 2.22. The molecule has 0 spiro atoms. The zero-order chi connectivity index (χ0) is 43.0. The third-order valence-corrected chi connectivity index (χ3v) is 11.3. The molecule has 7 atom stereocenters. The van der Waals surface area contributed by atoms with Gasteiger partial charge in [-0.1, -0.05) is 184 Å². The number of unbranched alkanes of at least 4 members (excludes halogenated alkanes) is 24. The van der Waals surface area contributed by atoms with E-state index in [-0.39, 0.29) is 12.5 Å². The lowest BCUT2D eigenvalue weighted by atomic mass is 9.99. The summed E-state index contributed by atoms with van der Waals surface area (Å²) in [5.74, 6) is -0.193. The fraction of sp³-hybridized carbons (Fsp3) is 0.820. The summed E-state index contributed by atoms with van der Waals surface area (Å²) in [5, 5.41) is 54.1. The average Bonchev–Trinajstić information content (AvgIpc) is 3.23. The van der Waals surface area contributed by atoms with Gasteiger partial charge in [0.2, 0.25) is 5.91 Å². The van der Waals surface area contributed by atoms with Crippen molar-refractivity contribution < 1.29 is 39.8 Å². The van der Waals surface area contributed by atoms with Crippen LogP contribution in [0.5, 0.6) is 0 Å². The number of rotatable bonds is 40. The second-order valence-corrected chi connectivity index (χ2v) is 16.9. The van der Waals surface area contributed by atoms with E-state index >= 15 is 0 Å². The lowest BCUT2D eigenvalue weighted by Gasteiger charge is -2.40. The molecule has 0 aromatic heterocycles. The minimum absolute atomic E-state index is 0.193. The summed E-state index contributed by atoms with van der Waals surface area (Å²) in [6.45, 7) is 3.67. The maximum atomic E-state index is 13.0. The van der Waals surface area contributed by atoms with E-state index < -0.39 is 49.5 Å². The Morgan fingerprint density at radius 2 is 1.00 bits per heavy atom. The zero-order valence-electron chi connectivity index (χ0n) is 37.7. The van der Waals surface area contributed by atoms with Crippen molar-refractivity contribution in [1.82, 2.24) is 5.32 Å². The van der Waals surface area contributed by atoms with Crippen LogP contribution in [0.4, 0.5) is 0 Å². The van der Waals surface area contributed by atoms with E-state index in [1.807, 2.05) is 6.08 Å². The fourth-order valence-electron chi connectivity index (χ4n) is 7.43. The molecule has 9 heteroatoms. The Morgan fingerprint density at radius 3 is 1.49 bits per heavy atom. The molecular weight excluding hydrogens is 743 g/mol. The molecule has 59 heavy (non-hydrogen) atoms. The highest BCUT2D eigenvalue weighted by Gasteiger charge is 2.44. The molecule has 0 aliphatic carbocycles. The SMILES string of the molecule is CCC/C=C/CC/C=C/CC/C=C/C(O)C(COC1OC(CO)C(O)C(O)C1O)NC(=O)CCCCCCCCCCCCCCC/C=C\CCCCCCCCCC. The Bertz CT molecular complexity index is 1060. The minimum atomic E-state index is -1.57. The molecule has 0 saturated carbocycles. The molecule has 0 aromatic rings. The summed E-state index contributed by atoms with van der Waals surface area (Å²) in [6.07, 6.45) is 44.6. The van der Waals surface area contributed by atoms with Crippen LogP contribution in [0.2, 0.25) is 0 Å². The quantitative estimate of drug-likeness (QED) is 0.0264. The normalized spacial score (nSPS) is 21.1. The van der Waals surface area contributed by atoms with Crippen molar-refractivity contribution in [3.8, 4) is 0 Å².